The summed E-state index contributed by atoms with van der Waals surface area (Å²) in [6.45, 7) is 0. The van der Waals surface area contributed by atoms with E-state index in [-0.39, 0.29) is 22.6 Å². The fourth-order valence-electron chi connectivity index (χ4n) is 2.66. The van der Waals surface area contributed by atoms with Crippen LogP contribution in [-0.2, 0) is 4.79 Å². The van der Waals surface area contributed by atoms with E-state index in [0.717, 1.165) is 24.3 Å². The van der Waals surface area contributed by atoms with Crippen molar-refractivity contribution in [3.63, 3.8) is 0 Å². The smallest absolute Gasteiger partial charge is 0.304 e. The fraction of sp³-hybridized carbons (Fsp3) is 0.111. The predicted molar refractivity (Wildman–Crippen MR) is 82.4 cm³/mol. The maximum atomic E-state index is 14.1. The van der Waals surface area contributed by atoms with Crippen molar-refractivity contribution in [3.8, 4) is 11.1 Å². The summed E-state index contributed by atoms with van der Waals surface area (Å²) in [6.07, 6.45) is 2.19. The van der Waals surface area contributed by atoms with Gasteiger partial charge in [-0.05, 0) is 41.5 Å². The number of hydrogen-bond donors (Lipinski definition) is 1. The average Bonchev–Trinajstić information content (AvgIpc) is 3.06. The van der Waals surface area contributed by atoms with Gasteiger partial charge in [0, 0.05) is 0 Å². The zero-order valence-electron chi connectivity index (χ0n) is 12.7. The molecule has 0 radical (unpaired) electrons. The molecule has 0 spiro atoms. The van der Waals surface area contributed by atoms with Gasteiger partial charge in [-0.1, -0.05) is 6.07 Å². The first kappa shape index (κ1) is 16.8. The summed E-state index contributed by atoms with van der Waals surface area (Å²) in [6, 6.07) is 6.74. The van der Waals surface area contributed by atoms with E-state index in [2.05, 4.69) is 4.98 Å². The van der Waals surface area contributed by atoms with Gasteiger partial charge in [-0.25, -0.2) is 18.2 Å². The van der Waals surface area contributed by atoms with E-state index in [1.165, 1.54) is 24.6 Å². The molecule has 0 bridgehead atoms. The minimum absolute atomic E-state index is 0.0347. The van der Waals surface area contributed by atoms with Gasteiger partial charge in [0.1, 0.15) is 23.7 Å². The van der Waals surface area contributed by atoms with Crippen molar-refractivity contribution in [1.29, 1.82) is 0 Å². The van der Waals surface area contributed by atoms with Crippen molar-refractivity contribution in [3.05, 3.63) is 77.8 Å². The quantitative estimate of drug-likeness (QED) is 0.745. The number of carboxylic acid groups (broad SMARTS) is 1. The number of oxazole rings is 1. The van der Waals surface area contributed by atoms with E-state index in [9.17, 15) is 18.0 Å². The van der Waals surface area contributed by atoms with Crippen molar-refractivity contribution in [2.24, 2.45) is 0 Å². The summed E-state index contributed by atoms with van der Waals surface area (Å²) in [5, 5.41) is 9.10. The number of halogens is 3. The summed E-state index contributed by atoms with van der Waals surface area (Å²) in [4.78, 5) is 15.1. The van der Waals surface area contributed by atoms with Crippen molar-refractivity contribution in [2.75, 3.05) is 0 Å². The Morgan fingerprint density at radius 3 is 2.48 bits per heavy atom. The number of aliphatic carboxylic acids is 1. The van der Waals surface area contributed by atoms with Crippen molar-refractivity contribution >= 4 is 5.97 Å². The van der Waals surface area contributed by atoms with Gasteiger partial charge in [0.2, 0.25) is 5.89 Å². The molecule has 0 aliphatic heterocycles. The Balaban J connectivity index is 2.14. The van der Waals surface area contributed by atoms with Crippen LogP contribution in [0.3, 0.4) is 0 Å². The van der Waals surface area contributed by atoms with Crippen LogP contribution in [-0.4, -0.2) is 16.1 Å². The SMILES string of the molecule is O=C(O)CC(c1cc(F)cc(-c2c(F)cccc2F)c1)c1ncco1. The van der Waals surface area contributed by atoms with E-state index in [0.29, 0.717) is 0 Å². The Hall–Kier alpha value is -3.09. The molecule has 0 amide bonds. The maximum Gasteiger partial charge on any atom is 0.304 e. The number of hydrogen-bond acceptors (Lipinski definition) is 3. The Bertz CT molecular complexity index is 890. The molecule has 25 heavy (non-hydrogen) atoms. The first-order valence-electron chi connectivity index (χ1n) is 7.31. The van der Waals surface area contributed by atoms with Crippen LogP contribution < -0.4 is 0 Å². The zero-order chi connectivity index (χ0) is 18.0. The molecule has 3 rings (SSSR count). The minimum Gasteiger partial charge on any atom is -0.481 e. The Kier molecular flexibility index (Phi) is 4.56. The number of nitrogens with zero attached hydrogens (tertiary/aromatic N) is 1. The summed E-state index contributed by atoms with van der Waals surface area (Å²) in [5.41, 5.74) is -0.222. The molecule has 7 heteroatoms. The van der Waals surface area contributed by atoms with Crippen LogP contribution in [0.25, 0.3) is 11.1 Å². The Morgan fingerprint density at radius 1 is 1.16 bits per heavy atom. The van der Waals surface area contributed by atoms with Crippen LogP contribution in [0.1, 0.15) is 23.8 Å². The highest BCUT2D eigenvalue weighted by Crippen LogP contribution is 2.33. The molecule has 0 aliphatic carbocycles. The lowest BCUT2D eigenvalue weighted by Gasteiger charge is -2.14. The number of carboxylic acids is 1. The molecule has 1 aromatic heterocycles. The summed E-state index contributed by atoms with van der Waals surface area (Å²) >= 11 is 0. The summed E-state index contributed by atoms with van der Waals surface area (Å²) in [5.74, 6) is -4.40. The van der Waals surface area contributed by atoms with Crippen LogP contribution in [0.4, 0.5) is 13.2 Å². The first-order chi connectivity index (χ1) is 12.0. The normalized spacial score (nSPS) is 12.1. The van der Waals surface area contributed by atoms with Gasteiger partial charge in [0.15, 0.2) is 0 Å². The van der Waals surface area contributed by atoms with E-state index >= 15 is 0 Å². The summed E-state index contributed by atoms with van der Waals surface area (Å²) in [7, 11) is 0. The van der Waals surface area contributed by atoms with Gasteiger partial charge in [-0.15, -0.1) is 0 Å². The van der Waals surface area contributed by atoms with Gasteiger partial charge in [-0.3, -0.25) is 4.79 Å². The van der Waals surface area contributed by atoms with Crippen LogP contribution in [0.5, 0.6) is 0 Å². The third-order valence-corrected chi connectivity index (χ3v) is 3.70. The fourth-order valence-corrected chi connectivity index (χ4v) is 2.66. The Morgan fingerprint density at radius 2 is 1.88 bits per heavy atom. The molecule has 1 unspecified atom stereocenters. The standard InChI is InChI=1S/C18H12F3NO3/c19-12-7-10(13(9-16(23)24)18-22-4-5-25-18)6-11(8-12)17-14(20)2-1-3-15(17)21/h1-8,13H,9H2,(H,23,24). The molecule has 0 saturated carbocycles. The van der Waals surface area contributed by atoms with Gasteiger partial charge in [0.25, 0.3) is 0 Å². The van der Waals surface area contributed by atoms with Gasteiger partial charge in [-0.2, -0.15) is 0 Å². The first-order valence-corrected chi connectivity index (χ1v) is 7.31. The molecule has 0 fully saturated rings. The number of carbonyl (C=O) groups is 1. The number of rotatable bonds is 5. The highest BCUT2D eigenvalue weighted by molar-refractivity contribution is 5.70. The van der Waals surface area contributed by atoms with Gasteiger partial charge < -0.3 is 9.52 Å². The zero-order valence-corrected chi connectivity index (χ0v) is 12.7. The lowest BCUT2D eigenvalue weighted by Crippen LogP contribution is -2.09. The molecule has 4 nitrogen and oxygen atoms in total. The third kappa shape index (κ3) is 3.55. The monoisotopic (exact) mass is 347 g/mol. The molecular formula is C18H12F3NO3. The second-order valence-electron chi connectivity index (χ2n) is 5.39. The van der Waals surface area contributed by atoms with Gasteiger partial charge in [0.05, 0.1) is 24.1 Å². The number of aromatic nitrogens is 1. The van der Waals surface area contributed by atoms with Crippen LogP contribution >= 0.6 is 0 Å². The molecule has 1 N–H and O–H groups in total. The topological polar surface area (TPSA) is 63.3 Å². The minimum atomic E-state index is -1.15. The van der Waals surface area contributed by atoms with Crippen molar-refractivity contribution in [1.82, 2.24) is 4.98 Å². The van der Waals surface area contributed by atoms with E-state index in [1.54, 1.807) is 0 Å². The highest BCUT2D eigenvalue weighted by atomic mass is 19.1. The highest BCUT2D eigenvalue weighted by Gasteiger charge is 2.24. The molecule has 128 valence electrons. The second-order valence-corrected chi connectivity index (χ2v) is 5.39. The van der Waals surface area contributed by atoms with E-state index in [4.69, 9.17) is 9.52 Å². The molecular weight excluding hydrogens is 335 g/mol. The molecule has 0 saturated heterocycles. The molecule has 1 atom stereocenters. The molecule has 0 aliphatic rings. The van der Waals surface area contributed by atoms with Crippen molar-refractivity contribution < 1.29 is 27.5 Å². The van der Waals surface area contributed by atoms with Crippen LogP contribution in [0.15, 0.2) is 53.3 Å². The van der Waals surface area contributed by atoms with Crippen molar-refractivity contribution in [2.45, 2.75) is 12.3 Å². The average molecular weight is 347 g/mol. The third-order valence-electron chi connectivity index (χ3n) is 3.70. The van der Waals surface area contributed by atoms with E-state index in [1.807, 2.05) is 0 Å². The predicted octanol–water partition coefficient (Wildman–Crippen LogP) is 4.37. The molecule has 3 aromatic rings. The summed E-state index contributed by atoms with van der Waals surface area (Å²) < 4.78 is 47.2. The van der Waals surface area contributed by atoms with E-state index < -0.39 is 35.8 Å². The lowest BCUT2D eigenvalue weighted by molar-refractivity contribution is -0.137. The molecule has 1 heterocycles. The largest absolute Gasteiger partial charge is 0.481 e. The lowest BCUT2D eigenvalue weighted by atomic mass is 9.92. The molecule has 2 aromatic carbocycles. The second kappa shape index (κ2) is 6.80. The Labute approximate surface area is 140 Å². The maximum absolute atomic E-state index is 14.1. The van der Waals surface area contributed by atoms with Crippen LogP contribution in [0.2, 0.25) is 0 Å². The van der Waals surface area contributed by atoms with Crippen LogP contribution in [0, 0.1) is 17.5 Å². The number of benzene rings is 2. The van der Waals surface area contributed by atoms with Gasteiger partial charge >= 0.3 is 5.97 Å².